The van der Waals surface area contributed by atoms with Gasteiger partial charge in [-0.1, -0.05) is 12.2 Å². The predicted molar refractivity (Wildman–Crippen MR) is 82.7 cm³/mol. The highest BCUT2D eigenvalue weighted by atomic mass is 16.6. The number of amides is 1. The Kier molecular flexibility index (Phi) is 7.00. The van der Waals surface area contributed by atoms with Crippen LogP contribution in [0.25, 0.3) is 0 Å². The number of carbonyl (C=O) groups excluding carboxylic acids is 1. The van der Waals surface area contributed by atoms with E-state index in [1.165, 1.54) is 0 Å². The van der Waals surface area contributed by atoms with Gasteiger partial charge in [-0.2, -0.15) is 0 Å². The van der Waals surface area contributed by atoms with Gasteiger partial charge in [0.25, 0.3) is 0 Å². The van der Waals surface area contributed by atoms with E-state index in [1.54, 1.807) is 0 Å². The Morgan fingerprint density at radius 1 is 1.15 bits per heavy atom. The zero-order valence-electron chi connectivity index (χ0n) is 13.8. The van der Waals surface area contributed by atoms with Crippen LogP contribution in [0.2, 0.25) is 0 Å². The number of aliphatic hydroxyl groups is 1. The number of hydrogen-bond donors (Lipinski definition) is 2. The Balaban J connectivity index is 4.63. The Morgan fingerprint density at radius 3 is 1.95 bits per heavy atom. The lowest BCUT2D eigenvalue weighted by atomic mass is 9.84. The van der Waals surface area contributed by atoms with Crippen LogP contribution in [0.4, 0.5) is 4.79 Å². The standard InChI is InChI=1S/C16H29NO3/c1-8-12(3)16(19,13(4)9-2)10-11-17-14(18)20-15(5,6)7/h8-9,19H,10-11H2,1-7H3,(H,17,18). The molecule has 0 saturated heterocycles. The second kappa shape index (κ2) is 7.48. The number of alkyl carbamates (subject to hydrolysis) is 1. The van der Waals surface area contributed by atoms with E-state index in [-0.39, 0.29) is 0 Å². The van der Waals surface area contributed by atoms with Gasteiger partial charge in [-0.05, 0) is 59.6 Å². The molecule has 0 radical (unpaired) electrons. The van der Waals surface area contributed by atoms with Crippen molar-refractivity contribution in [3.05, 3.63) is 23.3 Å². The van der Waals surface area contributed by atoms with Gasteiger partial charge in [-0.15, -0.1) is 0 Å². The first kappa shape index (κ1) is 18.7. The third kappa shape index (κ3) is 5.78. The van der Waals surface area contributed by atoms with E-state index in [0.29, 0.717) is 13.0 Å². The van der Waals surface area contributed by atoms with Gasteiger partial charge in [0.1, 0.15) is 11.2 Å². The third-order valence-corrected chi connectivity index (χ3v) is 3.33. The van der Waals surface area contributed by atoms with Gasteiger partial charge in [0.15, 0.2) is 0 Å². The summed E-state index contributed by atoms with van der Waals surface area (Å²) in [6.45, 7) is 13.4. The fraction of sp³-hybridized carbons (Fsp3) is 0.688. The van der Waals surface area contributed by atoms with Crippen LogP contribution in [-0.4, -0.2) is 28.9 Å². The quantitative estimate of drug-likeness (QED) is 0.758. The molecule has 0 saturated carbocycles. The lowest BCUT2D eigenvalue weighted by Gasteiger charge is -2.31. The van der Waals surface area contributed by atoms with E-state index in [4.69, 9.17) is 4.74 Å². The Labute approximate surface area is 122 Å². The van der Waals surface area contributed by atoms with E-state index < -0.39 is 17.3 Å². The topological polar surface area (TPSA) is 58.6 Å². The molecule has 2 N–H and O–H groups in total. The van der Waals surface area contributed by atoms with Crippen molar-refractivity contribution < 1.29 is 14.6 Å². The fourth-order valence-electron chi connectivity index (χ4n) is 1.84. The maximum Gasteiger partial charge on any atom is 0.407 e. The molecule has 20 heavy (non-hydrogen) atoms. The molecule has 0 rings (SSSR count). The lowest BCUT2D eigenvalue weighted by Crippen LogP contribution is -2.39. The average molecular weight is 283 g/mol. The Hall–Kier alpha value is -1.29. The first-order valence-electron chi connectivity index (χ1n) is 7.03. The summed E-state index contributed by atoms with van der Waals surface area (Å²) < 4.78 is 5.17. The second-order valence-corrected chi connectivity index (χ2v) is 5.98. The van der Waals surface area contributed by atoms with Gasteiger partial charge in [0, 0.05) is 13.0 Å². The van der Waals surface area contributed by atoms with Crippen LogP contribution in [0.1, 0.15) is 54.9 Å². The number of nitrogens with one attached hydrogen (secondary N) is 1. The van der Waals surface area contributed by atoms with Crippen LogP contribution in [0.3, 0.4) is 0 Å². The maximum atomic E-state index is 11.6. The SMILES string of the molecule is CC=C(C)C(O)(CCNC(=O)OC(C)(C)C)C(C)=CC. The molecule has 0 atom stereocenters. The van der Waals surface area contributed by atoms with E-state index >= 15 is 0 Å². The Morgan fingerprint density at radius 2 is 1.60 bits per heavy atom. The van der Waals surface area contributed by atoms with Crippen LogP contribution < -0.4 is 5.32 Å². The molecule has 0 aromatic heterocycles. The zero-order chi connectivity index (χ0) is 16.0. The van der Waals surface area contributed by atoms with E-state index in [0.717, 1.165) is 11.1 Å². The average Bonchev–Trinajstić information content (AvgIpc) is 2.34. The molecular weight excluding hydrogens is 254 g/mol. The van der Waals surface area contributed by atoms with Crippen molar-refractivity contribution in [3.8, 4) is 0 Å². The van der Waals surface area contributed by atoms with Gasteiger partial charge in [0.05, 0.1) is 0 Å². The molecule has 0 spiro atoms. The monoisotopic (exact) mass is 283 g/mol. The first-order valence-corrected chi connectivity index (χ1v) is 7.03. The number of allylic oxidation sites excluding steroid dienone is 2. The van der Waals surface area contributed by atoms with E-state index in [9.17, 15) is 9.90 Å². The highest BCUT2D eigenvalue weighted by Crippen LogP contribution is 2.28. The minimum absolute atomic E-state index is 0.349. The molecular formula is C16H29NO3. The van der Waals surface area contributed by atoms with Crippen molar-refractivity contribution in [3.63, 3.8) is 0 Å². The highest BCUT2D eigenvalue weighted by Gasteiger charge is 2.30. The maximum absolute atomic E-state index is 11.6. The molecule has 0 unspecified atom stereocenters. The highest BCUT2D eigenvalue weighted by molar-refractivity contribution is 5.67. The van der Waals surface area contributed by atoms with Gasteiger partial charge < -0.3 is 15.2 Å². The van der Waals surface area contributed by atoms with Crippen LogP contribution in [0.5, 0.6) is 0 Å². The van der Waals surface area contributed by atoms with Gasteiger partial charge in [-0.25, -0.2) is 4.79 Å². The number of hydrogen-bond acceptors (Lipinski definition) is 3. The smallest absolute Gasteiger partial charge is 0.407 e. The number of ether oxygens (including phenoxy) is 1. The van der Waals surface area contributed by atoms with Crippen molar-refractivity contribution in [2.75, 3.05) is 6.54 Å². The summed E-state index contributed by atoms with van der Waals surface area (Å²) in [7, 11) is 0. The summed E-state index contributed by atoms with van der Waals surface area (Å²) in [5.74, 6) is 0. The largest absolute Gasteiger partial charge is 0.444 e. The minimum Gasteiger partial charge on any atom is -0.444 e. The van der Waals surface area contributed by atoms with Crippen LogP contribution in [0, 0.1) is 0 Å². The van der Waals surface area contributed by atoms with Gasteiger partial charge >= 0.3 is 6.09 Å². The van der Waals surface area contributed by atoms with Crippen molar-refractivity contribution in [2.45, 2.75) is 66.1 Å². The molecule has 0 aliphatic rings. The van der Waals surface area contributed by atoms with Crippen molar-refractivity contribution in [1.29, 1.82) is 0 Å². The number of carbonyl (C=O) groups is 1. The minimum atomic E-state index is -1.02. The molecule has 0 fully saturated rings. The predicted octanol–water partition coefficient (Wildman–Crippen LogP) is 3.56. The number of rotatable bonds is 5. The molecule has 0 aromatic rings. The molecule has 0 bridgehead atoms. The summed E-state index contributed by atoms with van der Waals surface area (Å²) in [6, 6.07) is 0. The lowest BCUT2D eigenvalue weighted by molar-refractivity contribution is 0.0505. The molecule has 0 heterocycles. The normalized spacial score (nSPS) is 16.6. The molecule has 4 heteroatoms. The van der Waals surface area contributed by atoms with Crippen LogP contribution in [0.15, 0.2) is 23.3 Å². The summed E-state index contributed by atoms with van der Waals surface area (Å²) in [4.78, 5) is 11.6. The van der Waals surface area contributed by atoms with Crippen molar-refractivity contribution in [2.24, 2.45) is 0 Å². The molecule has 0 aliphatic carbocycles. The van der Waals surface area contributed by atoms with Gasteiger partial charge in [-0.3, -0.25) is 0 Å². The summed E-state index contributed by atoms with van der Waals surface area (Å²) in [6.07, 6.45) is 3.73. The summed E-state index contributed by atoms with van der Waals surface area (Å²) >= 11 is 0. The molecule has 116 valence electrons. The summed E-state index contributed by atoms with van der Waals surface area (Å²) in [5.41, 5.74) is 0.218. The van der Waals surface area contributed by atoms with Gasteiger partial charge in [0.2, 0.25) is 0 Å². The van der Waals surface area contributed by atoms with Crippen molar-refractivity contribution in [1.82, 2.24) is 5.32 Å². The molecule has 1 amide bonds. The molecule has 4 nitrogen and oxygen atoms in total. The third-order valence-electron chi connectivity index (χ3n) is 3.33. The van der Waals surface area contributed by atoms with Crippen molar-refractivity contribution >= 4 is 6.09 Å². The van der Waals surface area contributed by atoms with Crippen LogP contribution in [-0.2, 0) is 4.74 Å². The Bertz CT molecular complexity index is 371. The van der Waals surface area contributed by atoms with E-state index in [2.05, 4.69) is 5.32 Å². The molecule has 0 aromatic carbocycles. The summed E-state index contributed by atoms with van der Waals surface area (Å²) in [5, 5.41) is 13.4. The zero-order valence-corrected chi connectivity index (χ0v) is 13.8. The second-order valence-electron chi connectivity index (χ2n) is 5.98. The molecule has 0 aliphatic heterocycles. The fourth-order valence-corrected chi connectivity index (χ4v) is 1.84. The first-order chi connectivity index (χ1) is 9.06. The van der Waals surface area contributed by atoms with Crippen LogP contribution >= 0.6 is 0 Å². The van der Waals surface area contributed by atoms with E-state index in [1.807, 2.05) is 60.6 Å².